The van der Waals surface area contributed by atoms with Gasteiger partial charge < -0.3 is 4.74 Å². The van der Waals surface area contributed by atoms with Gasteiger partial charge in [0.2, 0.25) is 0 Å². The highest BCUT2D eigenvalue weighted by Crippen LogP contribution is 2.33. The van der Waals surface area contributed by atoms with E-state index in [9.17, 15) is 30.4 Å². The number of halogens is 5. The third kappa shape index (κ3) is 8.26. The zero-order chi connectivity index (χ0) is 27.2. The maximum Gasteiger partial charge on any atom is 0.419 e. The van der Waals surface area contributed by atoms with Gasteiger partial charge in [0.25, 0.3) is 0 Å². The van der Waals surface area contributed by atoms with Gasteiger partial charge in [-0.3, -0.25) is 4.90 Å². The molecule has 0 saturated heterocycles. The first kappa shape index (κ1) is 28.6. The summed E-state index contributed by atoms with van der Waals surface area (Å²) in [7, 11) is -3.39. The van der Waals surface area contributed by atoms with E-state index in [-0.39, 0.29) is 35.3 Å². The Balaban J connectivity index is 1.72. The van der Waals surface area contributed by atoms with E-state index >= 15 is 0 Å². The van der Waals surface area contributed by atoms with Crippen LogP contribution in [-0.2, 0) is 22.6 Å². The smallest absolute Gasteiger partial charge is 0.419 e. The second kappa shape index (κ2) is 12.0. The maximum atomic E-state index is 14.7. The fourth-order valence-corrected chi connectivity index (χ4v) is 4.61. The highest BCUT2D eigenvalue weighted by molar-refractivity contribution is 7.90. The van der Waals surface area contributed by atoms with E-state index in [1.165, 1.54) is 36.4 Å². The molecular weight excluding hydrogens is 513 g/mol. The van der Waals surface area contributed by atoms with Crippen LogP contribution in [0.25, 0.3) is 0 Å². The van der Waals surface area contributed by atoms with E-state index in [1.54, 1.807) is 24.3 Å². The fraction of sp³-hybridized carbons (Fsp3) is 0.333. The zero-order valence-corrected chi connectivity index (χ0v) is 21.3. The molecule has 0 radical (unpaired) electrons. The summed E-state index contributed by atoms with van der Waals surface area (Å²) in [6, 6.07) is 15.2. The van der Waals surface area contributed by atoms with Gasteiger partial charge in [0.05, 0.1) is 17.1 Å². The van der Waals surface area contributed by atoms with Crippen molar-refractivity contribution in [3.63, 3.8) is 0 Å². The number of nitrogens with zero attached hydrogens (tertiary/aromatic N) is 1. The van der Waals surface area contributed by atoms with Gasteiger partial charge in [0, 0.05) is 31.5 Å². The fourth-order valence-electron chi connectivity index (χ4n) is 3.95. The number of rotatable bonds is 11. The molecule has 0 aromatic heterocycles. The molecule has 3 aromatic rings. The number of hydrogen-bond donors (Lipinski definition) is 0. The van der Waals surface area contributed by atoms with Gasteiger partial charge >= 0.3 is 6.18 Å². The average Bonchev–Trinajstić information content (AvgIpc) is 2.82. The molecule has 0 spiro atoms. The number of sulfone groups is 1. The second-order valence-electron chi connectivity index (χ2n) is 8.91. The summed E-state index contributed by atoms with van der Waals surface area (Å²) in [6.07, 6.45) is -3.26. The molecule has 200 valence electrons. The van der Waals surface area contributed by atoms with Crippen molar-refractivity contribution in [2.45, 2.75) is 36.9 Å². The first-order valence-electron chi connectivity index (χ1n) is 11.6. The monoisotopic (exact) mass is 541 g/mol. The Morgan fingerprint density at radius 1 is 0.973 bits per heavy atom. The van der Waals surface area contributed by atoms with Crippen molar-refractivity contribution >= 4 is 9.84 Å². The summed E-state index contributed by atoms with van der Waals surface area (Å²) in [5.74, 6) is -1.42. The highest BCUT2D eigenvalue weighted by Gasteiger charge is 2.35. The maximum absolute atomic E-state index is 14.7. The van der Waals surface area contributed by atoms with Crippen LogP contribution in [0.1, 0.15) is 36.0 Å². The molecule has 0 aliphatic heterocycles. The van der Waals surface area contributed by atoms with E-state index in [2.05, 4.69) is 0 Å². The van der Waals surface area contributed by atoms with Crippen LogP contribution in [0.3, 0.4) is 0 Å². The highest BCUT2D eigenvalue weighted by atomic mass is 32.2. The van der Waals surface area contributed by atoms with Crippen molar-refractivity contribution in [2.24, 2.45) is 0 Å². The third-order valence-corrected chi connectivity index (χ3v) is 6.98. The van der Waals surface area contributed by atoms with Crippen LogP contribution in [0.4, 0.5) is 22.0 Å². The quantitative estimate of drug-likeness (QED) is 0.207. The molecule has 0 amide bonds. The zero-order valence-electron chi connectivity index (χ0n) is 20.4. The Morgan fingerprint density at radius 3 is 2.30 bits per heavy atom. The minimum atomic E-state index is -4.80. The van der Waals surface area contributed by atoms with E-state index in [1.807, 2.05) is 11.8 Å². The summed E-state index contributed by atoms with van der Waals surface area (Å²) < 4.78 is 96.8. The van der Waals surface area contributed by atoms with Crippen LogP contribution in [0.5, 0.6) is 5.75 Å². The van der Waals surface area contributed by atoms with Crippen molar-refractivity contribution in [1.29, 1.82) is 0 Å². The van der Waals surface area contributed by atoms with Gasteiger partial charge in [-0.25, -0.2) is 17.2 Å². The van der Waals surface area contributed by atoms with Gasteiger partial charge in [-0.2, -0.15) is 13.2 Å². The number of ether oxygens (including phenoxy) is 1. The van der Waals surface area contributed by atoms with Gasteiger partial charge in [-0.15, -0.1) is 0 Å². The van der Waals surface area contributed by atoms with Crippen molar-refractivity contribution in [3.8, 4) is 5.75 Å². The lowest BCUT2D eigenvalue weighted by molar-refractivity contribution is -0.140. The van der Waals surface area contributed by atoms with Crippen LogP contribution >= 0.6 is 0 Å². The first-order chi connectivity index (χ1) is 17.3. The molecule has 0 N–H and O–H groups in total. The molecule has 0 aliphatic carbocycles. The number of alkyl halides is 3. The Kier molecular flexibility index (Phi) is 9.31. The summed E-state index contributed by atoms with van der Waals surface area (Å²) in [4.78, 5) is 1.95. The summed E-state index contributed by atoms with van der Waals surface area (Å²) in [5.41, 5.74) is -0.557. The van der Waals surface area contributed by atoms with E-state index < -0.39 is 27.4 Å². The minimum Gasteiger partial charge on any atom is -0.494 e. The molecule has 1 unspecified atom stereocenters. The van der Waals surface area contributed by atoms with Crippen LogP contribution in [0.2, 0.25) is 0 Å². The summed E-state index contributed by atoms with van der Waals surface area (Å²) >= 11 is 0. The molecule has 0 fully saturated rings. The van der Waals surface area contributed by atoms with Crippen LogP contribution < -0.4 is 4.74 Å². The van der Waals surface area contributed by atoms with E-state index in [0.717, 1.165) is 11.8 Å². The Hall–Kier alpha value is -2.98. The van der Waals surface area contributed by atoms with Gasteiger partial charge in [-0.1, -0.05) is 37.3 Å². The third-order valence-electron chi connectivity index (χ3n) is 5.87. The van der Waals surface area contributed by atoms with Crippen LogP contribution in [-0.4, -0.2) is 39.3 Å². The van der Waals surface area contributed by atoms with Crippen LogP contribution in [0.15, 0.2) is 71.6 Å². The molecule has 4 nitrogen and oxygen atoms in total. The molecular formula is C27H28F5NO3S. The van der Waals surface area contributed by atoms with Crippen molar-refractivity contribution in [3.05, 3.63) is 95.1 Å². The lowest BCUT2D eigenvalue weighted by atomic mass is 10.00. The van der Waals surface area contributed by atoms with Crippen LogP contribution in [0, 0.1) is 11.6 Å². The Labute approximate surface area is 213 Å². The SMILES string of the molecule is CC(CN(CCCOc1cccc(S(C)(=O)=O)c1)Cc1cccc(C(F)(F)F)c1F)c1ccc(F)cc1. The molecule has 37 heavy (non-hydrogen) atoms. The lowest BCUT2D eigenvalue weighted by Crippen LogP contribution is -2.30. The average molecular weight is 542 g/mol. The molecule has 0 aliphatic rings. The largest absolute Gasteiger partial charge is 0.494 e. The van der Waals surface area contributed by atoms with Gasteiger partial charge in [0.1, 0.15) is 17.4 Å². The predicted molar refractivity (Wildman–Crippen MR) is 131 cm³/mol. The molecule has 0 saturated carbocycles. The first-order valence-corrected chi connectivity index (χ1v) is 13.5. The molecule has 3 rings (SSSR count). The molecule has 3 aromatic carbocycles. The Bertz CT molecular complexity index is 1290. The summed E-state index contributed by atoms with van der Waals surface area (Å²) in [6.45, 7) is 2.79. The van der Waals surface area contributed by atoms with E-state index in [0.29, 0.717) is 31.3 Å². The molecule has 1 atom stereocenters. The predicted octanol–water partition coefficient (Wildman–Crippen LogP) is 6.46. The topological polar surface area (TPSA) is 46.6 Å². The number of benzene rings is 3. The second-order valence-corrected chi connectivity index (χ2v) is 10.9. The number of hydrogen-bond acceptors (Lipinski definition) is 4. The lowest BCUT2D eigenvalue weighted by Gasteiger charge is -2.27. The van der Waals surface area contributed by atoms with Gasteiger partial charge in [0.15, 0.2) is 9.84 Å². The summed E-state index contributed by atoms with van der Waals surface area (Å²) in [5, 5.41) is 0. The van der Waals surface area contributed by atoms with Crippen molar-refractivity contribution in [2.75, 3.05) is 26.0 Å². The van der Waals surface area contributed by atoms with Crippen molar-refractivity contribution < 1.29 is 35.1 Å². The van der Waals surface area contributed by atoms with Gasteiger partial charge in [-0.05, 0) is 54.3 Å². The molecule has 0 heterocycles. The molecule has 0 bridgehead atoms. The van der Waals surface area contributed by atoms with E-state index in [4.69, 9.17) is 4.74 Å². The van der Waals surface area contributed by atoms with Crippen molar-refractivity contribution in [1.82, 2.24) is 4.90 Å². The minimum absolute atomic E-state index is 0.0646. The Morgan fingerprint density at radius 2 is 1.65 bits per heavy atom. The molecule has 10 heteroatoms. The normalized spacial score (nSPS) is 13.1. The standard InChI is InChI=1S/C27H28F5NO3S/c1-19(20-10-12-22(28)13-11-20)17-33(18-21-6-3-9-25(26(21)29)27(30,31)32)14-5-15-36-23-7-4-8-24(16-23)37(2,34)35/h3-4,6-13,16,19H,5,14-15,17-18H2,1-2H3.